The van der Waals surface area contributed by atoms with Gasteiger partial charge in [-0.05, 0) is 0 Å². The van der Waals surface area contributed by atoms with Crippen molar-refractivity contribution in [2.24, 2.45) is 0 Å². The summed E-state index contributed by atoms with van der Waals surface area (Å²) in [5, 5.41) is 40.2. The van der Waals surface area contributed by atoms with Crippen molar-refractivity contribution in [2.45, 2.75) is 66.7 Å². The second-order valence-electron chi connectivity index (χ2n) is 7.42. The van der Waals surface area contributed by atoms with E-state index in [2.05, 4.69) is 23.7 Å². The minimum atomic E-state index is -0.962. The van der Waals surface area contributed by atoms with Crippen molar-refractivity contribution in [3.63, 3.8) is 0 Å². The van der Waals surface area contributed by atoms with Gasteiger partial charge in [0, 0.05) is 53.2 Å². The molecule has 1 radical (unpaired) electrons. The molecule has 0 aliphatic carbocycles. The third kappa shape index (κ3) is 90.1. The minimum absolute atomic E-state index is 0. The molecule has 0 amide bonds. The van der Waals surface area contributed by atoms with Crippen molar-refractivity contribution in [3.8, 4) is 0 Å². The second kappa shape index (κ2) is 38.3. The normalized spacial score (nSPS) is 8.37. The molecule has 0 saturated carbocycles. The molecule has 21 heteroatoms. The molecule has 0 aromatic heterocycles. The summed E-state index contributed by atoms with van der Waals surface area (Å²) in [6.45, 7) is 6.00. The molecule has 0 unspecified atom stereocenters. The Morgan fingerprint density at radius 1 is 0.326 bits per heavy atom. The van der Waals surface area contributed by atoms with Gasteiger partial charge in [-0.1, -0.05) is 0 Å². The van der Waals surface area contributed by atoms with E-state index in [1.807, 2.05) is 0 Å². The molecule has 0 aromatic rings. The number of carboxylic acids is 5. The molecule has 20 nitrogen and oxygen atoms in total. The van der Waals surface area contributed by atoms with Crippen LogP contribution < -0.4 is 0 Å². The third-order valence-corrected chi connectivity index (χ3v) is 3.11. The maximum absolute atomic E-state index is 10.0. The molecule has 0 rings (SSSR count). The van der Waals surface area contributed by atoms with Gasteiger partial charge in [0.1, 0.15) is 33.0 Å². The van der Waals surface area contributed by atoms with Crippen LogP contribution in [0.15, 0.2) is 0 Å². The van der Waals surface area contributed by atoms with Gasteiger partial charge in [-0.15, -0.1) is 0 Å². The van der Waals surface area contributed by atoms with Crippen LogP contribution in [0.4, 0.5) is 0 Å². The van der Waals surface area contributed by atoms with E-state index in [1.54, 1.807) is 0 Å². The Kier molecular flexibility index (Phi) is 44.8. The van der Waals surface area contributed by atoms with E-state index in [-0.39, 0.29) is 83.7 Å². The first-order valence-corrected chi connectivity index (χ1v) is 12.4. The summed E-state index contributed by atoms with van der Waals surface area (Å²) in [7, 11) is 0. The maximum atomic E-state index is 10.0. The molecule has 46 heavy (non-hydrogen) atoms. The molecular formula is C25H40O20V. The largest absolute Gasteiger partial charge is 0.481 e. The number of esters is 5. The second-order valence-corrected chi connectivity index (χ2v) is 7.42. The van der Waals surface area contributed by atoms with Crippen molar-refractivity contribution >= 4 is 59.7 Å². The van der Waals surface area contributed by atoms with Gasteiger partial charge in [0.25, 0.3) is 0 Å². The van der Waals surface area contributed by atoms with Crippen LogP contribution in [-0.4, -0.2) is 118 Å². The van der Waals surface area contributed by atoms with Crippen LogP contribution in [0.5, 0.6) is 0 Å². The number of hydrogen-bond donors (Lipinski definition) is 5. The fourth-order valence-corrected chi connectivity index (χ4v) is 1.41. The zero-order valence-corrected chi connectivity index (χ0v) is 27.3. The molecule has 265 valence electrons. The van der Waals surface area contributed by atoms with E-state index in [1.165, 1.54) is 34.6 Å². The number of carbonyl (C=O) groups excluding carboxylic acids is 5. The number of hydrogen-bond acceptors (Lipinski definition) is 15. The Labute approximate surface area is 275 Å². The predicted octanol–water partition coefficient (Wildman–Crippen LogP) is 0.119. The van der Waals surface area contributed by atoms with Crippen molar-refractivity contribution in [1.82, 2.24) is 0 Å². The summed E-state index contributed by atoms with van der Waals surface area (Å²) in [4.78, 5) is 99.0. The molecule has 0 atom stereocenters. The molecule has 0 fully saturated rings. The van der Waals surface area contributed by atoms with Crippen LogP contribution in [0.1, 0.15) is 66.7 Å². The van der Waals surface area contributed by atoms with Crippen LogP contribution in [0.3, 0.4) is 0 Å². The van der Waals surface area contributed by atoms with Gasteiger partial charge in [-0.25, -0.2) is 0 Å². The Balaban J connectivity index is -0.000000108. The van der Waals surface area contributed by atoms with Crippen molar-refractivity contribution in [3.05, 3.63) is 0 Å². The van der Waals surface area contributed by atoms with Crippen LogP contribution >= 0.6 is 0 Å². The Morgan fingerprint density at radius 2 is 0.435 bits per heavy atom. The zero-order chi connectivity index (χ0) is 36.4. The monoisotopic (exact) mass is 711 g/mol. The molecule has 0 heterocycles. The van der Waals surface area contributed by atoms with Crippen molar-refractivity contribution < 1.29 is 116 Å². The molecule has 0 bridgehead atoms. The SMILES string of the molecule is CC(=O)OCCC(=O)O.CC(=O)OCCC(=O)O.CC(=O)OCCC(=O)O.CC(=O)OCCC(=O)O.CC(=O)OCCC(=O)O.[V]. The van der Waals surface area contributed by atoms with Crippen LogP contribution in [0.2, 0.25) is 0 Å². The number of carboxylic acid groups (broad SMARTS) is 5. The smallest absolute Gasteiger partial charge is 0.306 e. The Morgan fingerprint density at radius 3 is 0.500 bits per heavy atom. The molecule has 0 aliphatic rings. The van der Waals surface area contributed by atoms with Crippen LogP contribution in [0.25, 0.3) is 0 Å². The first kappa shape index (κ1) is 53.8. The maximum Gasteiger partial charge on any atom is 0.306 e. The summed E-state index contributed by atoms with van der Waals surface area (Å²) in [6, 6.07) is 0. The number of rotatable bonds is 15. The quantitative estimate of drug-likeness (QED) is 0.111. The van der Waals surface area contributed by atoms with Crippen LogP contribution in [-0.2, 0) is 90.2 Å². The van der Waals surface area contributed by atoms with Crippen molar-refractivity contribution in [2.75, 3.05) is 33.0 Å². The predicted molar refractivity (Wildman–Crippen MR) is 144 cm³/mol. The van der Waals surface area contributed by atoms with E-state index in [0.717, 1.165) is 0 Å². The van der Waals surface area contributed by atoms with E-state index >= 15 is 0 Å². The minimum Gasteiger partial charge on any atom is -0.481 e. The molecular weight excluding hydrogens is 671 g/mol. The van der Waals surface area contributed by atoms with Gasteiger partial charge in [0.15, 0.2) is 0 Å². The van der Waals surface area contributed by atoms with Gasteiger partial charge in [-0.2, -0.15) is 0 Å². The van der Waals surface area contributed by atoms with Crippen molar-refractivity contribution in [1.29, 1.82) is 0 Å². The molecule has 0 spiro atoms. The van der Waals surface area contributed by atoms with Gasteiger partial charge < -0.3 is 49.2 Å². The van der Waals surface area contributed by atoms with E-state index in [9.17, 15) is 47.9 Å². The number of carbonyl (C=O) groups is 10. The first-order valence-electron chi connectivity index (χ1n) is 12.4. The van der Waals surface area contributed by atoms with E-state index in [0.29, 0.717) is 0 Å². The molecule has 5 N–H and O–H groups in total. The Bertz CT molecular complexity index is 702. The number of ether oxygens (including phenoxy) is 5. The Hall–Kier alpha value is -4.72. The summed E-state index contributed by atoms with van der Waals surface area (Å²) in [6.07, 6.45) is -0.627. The number of aliphatic carboxylic acids is 5. The van der Waals surface area contributed by atoms with Gasteiger partial charge in [0.05, 0.1) is 32.1 Å². The average molecular weight is 712 g/mol. The van der Waals surface area contributed by atoms with Crippen LogP contribution in [0, 0.1) is 0 Å². The van der Waals surface area contributed by atoms with E-state index < -0.39 is 59.7 Å². The first-order chi connectivity index (χ1) is 20.6. The summed E-state index contributed by atoms with van der Waals surface area (Å²) in [5.74, 6) is -7.05. The third-order valence-electron chi connectivity index (χ3n) is 3.11. The standard InChI is InChI=1S/5C5H8O4.V/c5*1-4(6)9-3-2-5(7)8;/h5*2-3H2,1H3,(H,7,8);. The molecule has 0 aromatic carbocycles. The van der Waals surface area contributed by atoms with Gasteiger partial charge in [0.2, 0.25) is 0 Å². The summed E-state index contributed by atoms with van der Waals surface area (Å²) < 4.78 is 21.7. The topological polar surface area (TPSA) is 318 Å². The van der Waals surface area contributed by atoms with Gasteiger partial charge in [-0.3, -0.25) is 47.9 Å². The van der Waals surface area contributed by atoms with Gasteiger partial charge >= 0.3 is 59.7 Å². The summed E-state index contributed by atoms with van der Waals surface area (Å²) >= 11 is 0. The average Bonchev–Trinajstić information content (AvgIpc) is 2.83. The van der Waals surface area contributed by atoms with E-state index in [4.69, 9.17) is 25.5 Å². The summed E-state index contributed by atoms with van der Waals surface area (Å²) in [5.41, 5.74) is 0. The molecule has 0 aliphatic heterocycles. The molecule has 0 saturated heterocycles. The fourth-order valence-electron chi connectivity index (χ4n) is 1.41. The zero-order valence-electron chi connectivity index (χ0n) is 25.9. The fraction of sp³-hybridized carbons (Fsp3) is 0.600.